The zero-order valence-electron chi connectivity index (χ0n) is 11.1. The number of benzene rings is 1. The summed E-state index contributed by atoms with van der Waals surface area (Å²) in [6.45, 7) is 0. The largest absolute Gasteiger partial charge is 0.318 e. The second-order valence-electron chi connectivity index (χ2n) is 4.36. The maximum Gasteiger partial charge on any atom is 0.275 e. The van der Waals surface area contributed by atoms with Crippen LogP contribution in [0, 0.1) is 11.6 Å². The lowest BCUT2D eigenvalue weighted by atomic mass is 10.3. The fraction of sp³-hybridized carbons (Fsp3) is 0. The molecule has 0 radical (unpaired) electrons. The fourth-order valence-electron chi connectivity index (χ4n) is 1.78. The van der Waals surface area contributed by atoms with Crippen LogP contribution in [0.15, 0.2) is 48.1 Å². The van der Waals surface area contributed by atoms with E-state index in [1.54, 1.807) is 23.8 Å². The molecule has 22 heavy (non-hydrogen) atoms. The fourth-order valence-corrected chi connectivity index (χ4v) is 2.57. The van der Waals surface area contributed by atoms with Gasteiger partial charge < -0.3 is 5.32 Å². The molecule has 0 fully saturated rings. The van der Waals surface area contributed by atoms with E-state index in [-0.39, 0.29) is 11.4 Å². The van der Waals surface area contributed by atoms with Crippen molar-refractivity contribution in [2.45, 2.75) is 0 Å². The lowest BCUT2D eigenvalue weighted by Crippen LogP contribution is -2.13. The molecule has 3 aromatic rings. The summed E-state index contributed by atoms with van der Waals surface area (Å²) in [7, 11) is 0. The van der Waals surface area contributed by atoms with E-state index >= 15 is 0 Å². The second kappa shape index (κ2) is 5.98. The molecule has 0 saturated carbocycles. The maximum atomic E-state index is 13.5. The highest BCUT2D eigenvalue weighted by Crippen LogP contribution is 2.23. The number of hydrogen-bond donors (Lipinski definition) is 1. The number of thiazole rings is 1. The third kappa shape index (κ3) is 2.99. The summed E-state index contributed by atoms with van der Waals surface area (Å²) in [5, 5.41) is 4.57. The predicted octanol–water partition coefficient (Wildman–Crippen LogP) is 3.74. The standard InChI is InChI=1S/C15H9F2N3OS/c16-10-3-4-12(11(17)6-10)19-14(21)13-8-22-15(20-13)9-2-1-5-18-7-9/h1-8H,(H,19,21). The van der Waals surface area contributed by atoms with Gasteiger partial charge in [-0.15, -0.1) is 11.3 Å². The molecule has 0 spiro atoms. The summed E-state index contributed by atoms with van der Waals surface area (Å²) < 4.78 is 26.3. The van der Waals surface area contributed by atoms with Gasteiger partial charge in [0.05, 0.1) is 5.69 Å². The van der Waals surface area contributed by atoms with Crippen molar-refractivity contribution in [1.29, 1.82) is 0 Å². The van der Waals surface area contributed by atoms with Crippen molar-refractivity contribution in [2.75, 3.05) is 5.32 Å². The van der Waals surface area contributed by atoms with Gasteiger partial charge in [-0.2, -0.15) is 0 Å². The third-order valence-electron chi connectivity index (χ3n) is 2.82. The van der Waals surface area contributed by atoms with Crippen LogP contribution in [0.1, 0.15) is 10.5 Å². The lowest BCUT2D eigenvalue weighted by molar-refractivity contribution is 0.102. The molecule has 2 aromatic heterocycles. The molecule has 7 heteroatoms. The van der Waals surface area contributed by atoms with Crippen molar-refractivity contribution in [2.24, 2.45) is 0 Å². The summed E-state index contributed by atoms with van der Waals surface area (Å²) in [6, 6.07) is 6.53. The molecule has 0 aliphatic carbocycles. The quantitative estimate of drug-likeness (QED) is 0.800. The Morgan fingerprint density at radius 2 is 2.09 bits per heavy atom. The highest BCUT2D eigenvalue weighted by molar-refractivity contribution is 7.13. The number of rotatable bonds is 3. The van der Waals surface area contributed by atoms with Gasteiger partial charge in [0.1, 0.15) is 22.3 Å². The molecule has 1 amide bonds. The van der Waals surface area contributed by atoms with E-state index in [9.17, 15) is 13.6 Å². The summed E-state index contributed by atoms with van der Waals surface area (Å²) >= 11 is 1.28. The number of carbonyl (C=O) groups excluding carboxylic acids is 1. The van der Waals surface area contributed by atoms with Gasteiger partial charge >= 0.3 is 0 Å². The number of hydrogen-bond acceptors (Lipinski definition) is 4. The van der Waals surface area contributed by atoms with E-state index in [1.165, 1.54) is 11.3 Å². The first-order valence-corrected chi connectivity index (χ1v) is 7.14. The molecule has 110 valence electrons. The Kier molecular flexibility index (Phi) is 3.88. The minimum atomic E-state index is -0.837. The number of pyridine rings is 1. The number of anilines is 1. The van der Waals surface area contributed by atoms with Gasteiger partial charge in [0, 0.05) is 29.4 Å². The van der Waals surface area contributed by atoms with E-state index in [4.69, 9.17) is 0 Å². The lowest BCUT2D eigenvalue weighted by Gasteiger charge is -2.04. The van der Waals surface area contributed by atoms with Gasteiger partial charge in [-0.05, 0) is 24.3 Å². The Morgan fingerprint density at radius 3 is 2.82 bits per heavy atom. The average Bonchev–Trinajstić information content (AvgIpc) is 3.01. The number of carbonyl (C=O) groups is 1. The molecular weight excluding hydrogens is 308 g/mol. The summed E-state index contributed by atoms with van der Waals surface area (Å²) in [4.78, 5) is 20.2. The Morgan fingerprint density at radius 1 is 1.23 bits per heavy atom. The minimum Gasteiger partial charge on any atom is -0.318 e. The summed E-state index contributed by atoms with van der Waals surface area (Å²) in [5.74, 6) is -2.10. The minimum absolute atomic E-state index is 0.0951. The molecule has 0 unspecified atom stereocenters. The number of amides is 1. The van der Waals surface area contributed by atoms with Crippen molar-refractivity contribution in [1.82, 2.24) is 9.97 Å². The summed E-state index contributed by atoms with van der Waals surface area (Å²) in [5.41, 5.74) is 0.856. The number of nitrogens with one attached hydrogen (secondary N) is 1. The topological polar surface area (TPSA) is 54.9 Å². The highest BCUT2D eigenvalue weighted by atomic mass is 32.1. The SMILES string of the molecule is O=C(Nc1ccc(F)cc1F)c1csc(-c2cccnc2)n1. The van der Waals surface area contributed by atoms with Crippen molar-refractivity contribution in [3.05, 3.63) is 65.4 Å². The van der Waals surface area contributed by atoms with Crippen LogP contribution in [0.25, 0.3) is 10.6 Å². The predicted molar refractivity (Wildman–Crippen MR) is 79.7 cm³/mol. The van der Waals surface area contributed by atoms with Crippen LogP contribution in [-0.4, -0.2) is 15.9 Å². The normalized spacial score (nSPS) is 10.5. The van der Waals surface area contributed by atoms with Gasteiger partial charge in [-0.3, -0.25) is 9.78 Å². The molecule has 0 saturated heterocycles. The van der Waals surface area contributed by atoms with Crippen molar-refractivity contribution in [3.63, 3.8) is 0 Å². The molecule has 0 aliphatic rings. The maximum absolute atomic E-state index is 13.5. The van der Waals surface area contributed by atoms with Crippen LogP contribution in [0.3, 0.4) is 0 Å². The van der Waals surface area contributed by atoms with Gasteiger partial charge in [0.25, 0.3) is 5.91 Å². The molecule has 4 nitrogen and oxygen atoms in total. The monoisotopic (exact) mass is 317 g/mol. The zero-order chi connectivity index (χ0) is 15.5. The highest BCUT2D eigenvalue weighted by Gasteiger charge is 2.14. The van der Waals surface area contributed by atoms with Crippen LogP contribution in [0.4, 0.5) is 14.5 Å². The van der Waals surface area contributed by atoms with Gasteiger partial charge in [0.15, 0.2) is 0 Å². The van der Waals surface area contributed by atoms with E-state index in [2.05, 4.69) is 15.3 Å². The number of halogens is 2. The van der Waals surface area contributed by atoms with Gasteiger partial charge in [-0.25, -0.2) is 13.8 Å². The zero-order valence-corrected chi connectivity index (χ0v) is 11.9. The number of aromatic nitrogens is 2. The molecule has 0 aliphatic heterocycles. The van der Waals surface area contributed by atoms with Gasteiger partial charge in [-0.1, -0.05) is 0 Å². The smallest absolute Gasteiger partial charge is 0.275 e. The molecule has 0 bridgehead atoms. The van der Waals surface area contributed by atoms with Crippen molar-refractivity contribution in [3.8, 4) is 10.6 Å². The Bertz CT molecular complexity index is 821. The molecule has 2 heterocycles. The van der Waals surface area contributed by atoms with E-state index in [0.717, 1.165) is 17.7 Å². The van der Waals surface area contributed by atoms with Crippen LogP contribution in [0.2, 0.25) is 0 Å². The molecule has 1 aromatic carbocycles. The Balaban J connectivity index is 1.80. The summed E-state index contributed by atoms with van der Waals surface area (Å²) in [6.07, 6.45) is 3.28. The van der Waals surface area contributed by atoms with Crippen molar-refractivity contribution < 1.29 is 13.6 Å². The first-order valence-electron chi connectivity index (χ1n) is 6.26. The first kappa shape index (κ1) is 14.3. The van der Waals surface area contributed by atoms with Crippen LogP contribution < -0.4 is 5.32 Å². The van der Waals surface area contributed by atoms with E-state index < -0.39 is 17.5 Å². The molecule has 0 atom stereocenters. The third-order valence-corrected chi connectivity index (χ3v) is 3.72. The Hall–Kier alpha value is -2.67. The first-order chi connectivity index (χ1) is 10.6. The van der Waals surface area contributed by atoms with Gasteiger partial charge in [0.2, 0.25) is 0 Å². The average molecular weight is 317 g/mol. The second-order valence-corrected chi connectivity index (χ2v) is 5.22. The van der Waals surface area contributed by atoms with E-state index in [0.29, 0.717) is 11.1 Å². The van der Waals surface area contributed by atoms with Crippen LogP contribution in [-0.2, 0) is 0 Å². The molecular formula is C15H9F2N3OS. The number of nitrogens with zero attached hydrogens (tertiary/aromatic N) is 2. The Labute approximate surface area is 128 Å². The molecule has 3 rings (SSSR count). The van der Waals surface area contributed by atoms with Crippen LogP contribution >= 0.6 is 11.3 Å². The molecule has 1 N–H and O–H groups in total. The van der Waals surface area contributed by atoms with Crippen LogP contribution in [0.5, 0.6) is 0 Å². The van der Waals surface area contributed by atoms with E-state index in [1.807, 2.05) is 6.07 Å². The van der Waals surface area contributed by atoms with Crippen molar-refractivity contribution >= 4 is 22.9 Å².